The second-order valence-corrected chi connectivity index (χ2v) is 5.92. The molecule has 0 aliphatic heterocycles. The van der Waals surface area contributed by atoms with E-state index in [9.17, 15) is 4.79 Å². The zero-order chi connectivity index (χ0) is 11.6. The molecule has 0 unspecified atom stereocenters. The predicted molar refractivity (Wildman–Crippen MR) is 61.8 cm³/mol. The SMILES string of the molecule is CSC(C)(C)C(C)(C)OC(=O)N(C)C. The minimum absolute atomic E-state index is 0.0985. The van der Waals surface area contributed by atoms with Gasteiger partial charge in [-0.2, -0.15) is 11.8 Å². The first-order valence-corrected chi connectivity index (χ1v) is 5.82. The molecule has 0 saturated carbocycles. The van der Waals surface area contributed by atoms with E-state index >= 15 is 0 Å². The standard InChI is InChI=1S/C10H21NO2S/c1-9(2,10(3,4)14-7)13-8(12)11(5)6/h1-7H3. The average molecular weight is 219 g/mol. The second kappa shape index (κ2) is 4.43. The Morgan fingerprint density at radius 2 is 1.64 bits per heavy atom. The number of thioether (sulfide) groups is 1. The van der Waals surface area contributed by atoms with Crippen LogP contribution in [0.2, 0.25) is 0 Å². The van der Waals surface area contributed by atoms with Crippen LogP contribution in [0.15, 0.2) is 0 Å². The zero-order valence-electron chi connectivity index (χ0n) is 10.2. The second-order valence-electron chi connectivity index (χ2n) is 4.49. The lowest BCUT2D eigenvalue weighted by atomic mass is 9.93. The molecule has 0 bridgehead atoms. The molecule has 0 aromatic heterocycles. The first-order valence-electron chi connectivity index (χ1n) is 4.59. The van der Waals surface area contributed by atoms with Gasteiger partial charge in [0, 0.05) is 18.8 Å². The summed E-state index contributed by atoms with van der Waals surface area (Å²) in [6, 6.07) is 0. The van der Waals surface area contributed by atoms with Gasteiger partial charge < -0.3 is 9.64 Å². The van der Waals surface area contributed by atoms with Gasteiger partial charge in [0.25, 0.3) is 0 Å². The maximum Gasteiger partial charge on any atom is 0.409 e. The highest BCUT2D eigenvalue weighted by Gasteiger charge is 2.40. The van der Waals surface area contributed by atoms with E-state index in [1.165, 1.54) is 4.90 Å². The molecular weight excluding hydrogens is 198 g/mol. The van der Waals surface area contributed by atoms with Gasteiger partial charge in [-0.25, -0.2) is 4.79 Å². The zero-order valence-corrected chi connectivity index (χ0v) is 11.0. The Kier molecular flexibility index (Phi) is 4.31. The molecule has 0 aliphatic carbocycles. The van der Waals surface area contributed by atoms with Crippen LogP contribution in [-0.2, 0) is 4.74 Å². The van der Waals surface area contributed by atoms with Gasteiger partial charge in [0.2, 0.25) is 0 Å². The van der Waals surface area contributed by atoms with Crippen molar-refractivity contribution in [3.05, 3.63) is 0 Å². The Labute approximate surface area is 91.2 Å². The fraction of sp³-hybridized carbons (Fsp3) is 0.900. The number of rotatable bonds is 3. The van der Waals surface area contributed by atoms with Crippen molar-refractivity contribution in [2.45, 2.75) is 38.0 Å². The van der Waals surface area contributed by atoms with Crippen LogP contribution < -0.4 is 0 Å². The minimum Gasteiger partial charge on any atom is -0.442 e. The Balaban J connectivity index is 4.57. The molecule has 14 heavy (non-hydrogen) atoms. The first kappa shape index (κ1) is 13.6. The van der Waals surface area contributed by atoms with E-state index < -0.39 is 5.60 Å². The van der Waals surface area contributed by atoms with Crippen molar-refractivity contribution in [3.63, 3.8) is 0 Å². The van der Waals surface area contributed by atoms with E-state index in [1.807, 2.05) is 20.1 Å². The van der Waals surface area contributed by atoms with E-state index in [0.29, 0.717) is 0 Å². The molecule has 0 radical (unpaired) electrons. The number of hydrogen-bond acceptors (Lipinski definition) is 3. The summed E-state index contributed by atoms with van der Waals surface area (Å²) in [5, 5.41) is 0. The Morgan fingerprint density at radius 3 is 1.93 bits per heavy atom. The van der Waals surface area contributed by atoms with Gasteiger partial charge in [0.05, 0.1) is 0 Å². The van der Waals surface area contributed by atoms with Crippen molar-refractivity contribution in [1.82, 2.24) is 4.90 Å². The molecule has 84 valence electrons. The van der Waals surface area contributed by atoms with Gasteiger partial charge in [-0.05, 0) is 34.0 Å². The first-order chi connectivity index (χ1) is 6.14. The molecular formula is C10H21NO2S. The summed E-state index contributed by atoms with van der Waals surface area (Å²) in [5.41, 5.74) is -0.478. The number of hydrogen-bond donors (Lipinski definition) is 0. The molecule has 0 saturated heterocycles. The van der Waals surface area contributed by atoms with Crippen LogP contribution in [0, 0.1) is 0 Å². The van der Waals surface area contributed by atoms with Crippen molar-refractivity contribution in [3.8, 4) is 0 Å². The summed E-state index contributed by atoms with van der Waals surface area (Å²) >= 11 is 1.69. The molecule has 1 amide bonds. The quantitative estimate of drug-likeness (QED) is 0.730. The molecule has 0 atom stereocenters. The lowest BCUT2D eigenvalue weighted by Crippen LogP contribution is -2.47. The highest BCUT2D eigenvalue weighted by molar-refractivity contribution is 8.00. The smallest absolute Gasteiger partial charge is 0.409 e. The third-order valence-electron chi connectivity index (χ3n) is 2.67. The van der Waals surface area contributed by atoms with Gasteiger partial charge in [0.1, 0.15) is 5.60 Å². The largest absolute Gasteiger partial charge is 0.442 e. The molecule has 3 nitrogen and oxygen atoms in total. The van der Waals surface area contributed by atoms with Crippen LogP contribution >= 0.6 is 11.8 Å². The molecule has 0 aromatic rings. The Bertz CT molecular complexity index is 212. The molecule has 0 rings (SSSR count). The summed E-state index contributed by atoms with van der Waals surface area (Å²) in [6.45, 7) is 8.01. The van der Waals surface area contributed by atoms with Crippen LogP contribution in [0.1, 0.15) is 27.7 Å². The molecule has 4 heteroatoms. The maximum absolute atomic E-state index is 11.4. The third-order valence-corrected chi connectivity index (χ3v) is 4.18. The molecule has 0 aliphatic rings. The summed E-state index contributed by atoms with van der Waals surface area (Å²) in [5.74, 6) is 0. The summed E-state index contributed by atoms with van der Waals surface area (Å²) in [7, 11) is 3.37. The van der Waals surface area contributed by atoms with Crippen molar-refractivity contribution >= 4 is 17.9 Å². The van der Waals surface area contributed by atoms with Crippen LogP contribution in [0.25, 0.3) is 0 Å². The monoisotopic (exact) mass is 219 g/mol. The number of carbonyl (C=O) groups is 1. The average Bonchev–Trinajstić information content (AvgIpc) is 2.03. The van der Waals surface area contributed by atoms with E-state index in [0.717, 1.165) is 0 Å². The number of nitrogens with zero attached hydrogens (tertiary/aromatic N) is 1. The summed E-state index contributed by atoms with van der Waals surface area (Å²) in [6.07, 6.45) is 1.72. The lowest BCUT2D eigenvalue weighted by Gasteiger charge is -2.39. The Morgan fingerprint density at radius 1 is 1.21 bits per heavy atom. The van der Waals surface area contributed by atoms with Gasteiger partial charge in [-0.15, -0.1) is 0 Å². The minimum atomic E-state index is -0.478. The highest BCUT2D eigenvalue weighted by atomic mass is 32.2. The van der Waals surface area contributed by atoms with Crippen molar-refractivity contribution < 1.29 is 9.53 Å². The molecule has 0 aromatic carbocycles. The number of amides is 1. The fourth-order valence-electron chi connectivity index (χ4n) is 0.678. The fourth-order valence-corrected chi connectivity index (χ4v) is 1.21. The molecule has 0 spiro atoms. The van der Waals surface area contributed by atoms with Crippen LogP contribution in [-0.4, -0.2) is 41.7 Å². The van der Waals surface area contributed by atoms with Gasteiger partial charge in [0.15, 0.2) is 0 Å². The van der Waals surface area contributed by atoms with E-state index in [-0.39, 0.29) is 10.8 Å². The van der Waals surface area contributed by atoms with E-state index in [2.05, 4.69) is 13.8 Å². The van der Waals surface area contributed by atoms with Crippen molar-refractivity contribution in [2.75, 3.05) is 20.4 Å². The maximum atomic E-state index is 11.4. The number of carbonyl (C=O) groups excluding carboxylic acids is 1. The van der Waals surface area contributed by atoms with E-state index in [1.54, 1.807) is 25.9 Å². The van der Waals surface area contributed by atoms with Crippen molar-refractivity contribution in [1.29, 1.82) is 0 Å². The molecule has 0 heterocycles. The molecule has 0 fully saturated rings. The lowest BCUT2D eigenvalue weighted by molar-refractivity contribution is 0.00268. The van der Waals surface area contributed by atoms with Crippen molar-refractivity contribution in [2.24, 2.45) is 0 Å². The highest BCUT2D eigenvalue weighted by Crippen LogP contribution is 2.36. The van der Waals surface area contributed by atoms with E-state index in [4.69, 9.17) is 4.74 Å². The predicted octanol–water partition coefficient (Wildman–Crippen LogP) is 2.60. The van der Waals surface area contributed by atoms with Gasteiger partial charge in [-0.3, -0.25) is 0 Å². The van der Waals surface area contributed by atoms with Gasteiger partial charge >= 0.3 is 6.09 Å². The van der Waals surface area contributed by atoms with Crippen LogP contribution in [0.5, 0.6) is 0 Å². The van der Waals surface area contributed by atoms with Crippen LogP contribution in [0.4, 0.5) is 4.79 Å². The topological polar surface area (TPSA) is 29.5 Å². The summed E-state index contributed by atoms with van der Waals surface area (Å²) in [4.78, 5) is 12.9. The van der Waals surface area contributed by atoms with Gasteiger partial charge in [-0.1, -0.05) is 0 Å². The molecule has 0 N–H and O–H groups in total. The Hall–Kier alpha value is -0.380. The summed E-state index contributed by atoms with van der Waals surface area (Å²) < 4.78 is 5.32. The normalized spacial score (nSPS) is 12.5. The third kappa shape index (κ3) is 3.08. The van der Waals surface area contributed by atoms with Crippen LogP contribution in [0.3, 0.4) is 0 Å². The number of ether oxygens (including phenoxy) is 1.